The van der Waals surface area contributed by atoms with Gasteiger partial charge in [0.1, 0.15) is 0 Å². The molecule has 1 aliphatic heterocycles. The second kappa shape index (κ2) is 7.92. The largest absolute Gasteiger partial charge is 0.469 e. The van der Waals surface area contributed by atoms with Crippen LogP contribution < -0.4 is 0 Å². The molecule has 0 spiro atoms. The minimum Gasteiger partial charge on any atom is -0.469 e. The van der Waals surface area contributed by atoms with Crippen molar-refractivity contribution in [3.8, 4) is 0 Å². The van der Waals surface area contributed by atoms with Crippen LogP contribution in [0.1, 0.15) is 19.3 Å². The van der Waals surface area contributed by atoms with E-state index in [2.05, 4.69) is 4.74 Å². The fourth-order valence-electron chi connectivity index (χ4n) is 2.09. The standard InChI is InChI=1S/C12H24N2O5S/c1-13(7-4-12(15)18-3)20(16,17)14(2)10-11-5-8-19-9-6-11/h11H,4-10H2,1-3H3. The van der Waals surface area contributed by atoms with Crippen LogP contribution in [0.2, 0.25) is 0 Å². The number of rotatable bonds is 7. The predicted octanol–water partition coefficient (Wildman–Crippen LogP) is 0.0845. The molecule has 0 unspecified atom stereocenters. The third-order valence-corrected chi connectivity index (χ3v) is 5.41. The maximum Gasteiger partial charge on any atom is 0.306 e. The highest BCUT2D eigenvalue weighted by Crippen LogP contribution is 2.17. The first kappa shape index (κ1) is 17.4. The fourth-order valence-corrected chi connectivity index (χ4v) is 3.29. The molecule has 1 saturated heterocycles. The Labute approximate surface area is 121 Å². The van der Waals surface area contributed by atoms with E-state index in [0.717, 1.165) is 12.8 Å². The highest BCUT2D eigenvalue weighted by Gasteiger charge is 2.27. The van der Waals surface area contributed by atoms with Crippen molar-refractivity contribution >= 4 is 16.2 Å². The SMILES string of the molecule is COC(=O)CCN(C)S(=O)(=O)N(C)CC1CCOCC1. The number of carbonyl (C=O) groups excluding carboxylic acids is 1. The lowest BCUT2D eigenvalue weighted by Gasteiger charge is -2.29. The van der Waals surface area contributed by atoms with Crippen molar-refractivity contribution < 1.29 is 22.7 Å². The first-order valence-corrected chi connectivity index (χ1v) is 8.09. The molecule has 0 aromatic rings. The molecule has 0 atom stereocenters. The molecular weight excluding hydrogens is 284 g/mol. The number of hydrogen-bond acceptors (Lipinski definition) is 5. The summed E-state index contributed by atoms with van der Waals surface area (Å²) in [5.74, 6) is -0.0864. The van der Waals surface area contributed by atoms with Crippen molar-refractivity contribution in [2.75, 3.05) is 47.5 Å². The lowest BCUT2D eigenvalue weighted by Crippen LogP contribution is -2.43. The van der Waals surface area contributed by atoms with Gasteiger partial charge in [0.25, 0.3) is 10.2 Å². The van der Waals surface area contributed by atoms with E-state index >= 15 is 0 Å². The van der Waals surface area contributed by atoms with E-state index in [1.807, 2.05) is 0 Å². The lowest BCUT2D eigenvalue weighted by atomic mass is 10.0. The summed E-state index contributed by atoms with van der Waals surface area (Å²) < 4.78 is 36.8. The number of nitrogens with zero attached hydrogens (tertiary/aromatic N) is 2. The Bertz CT molecular complexity index is 406. The van der Waals surface area contributed by atoms with Crippen molar-refractivity contribution in [3.05, 3.63) is 0 Å². The second-order valence-corrected chi connectivity index (χ2v) is 7.13. The molecule has 0 aromatic heterocycles. The summed E-state index contributed by atoms with van der Waals surface area (Å²) in [6.07, 6.45) is 1.81. The Morgan fingerprint density at radius 3 is 2.40 bits per heavy atom. The van der Waals surface area contributed by atoms with Gasteiger partial charge in [-0.25, -0.2) is 0 Å². The molecule has 0 saturated carbocycles. The van der Waals surface area contributed by atoms with Crippen LogP contribution in [0, 0.1) is 5.92 Å². The molecular formula is C12H24N2O5S. The maximum atomic E-state index is 12.3. The molecule has 7 nitrogen and oxygen atoms in total. The third-order valence-electron chi connectivity index (χ3n) is 3.50. The number of ether oxygens (including phenoxy) is 2. The molecule has 0 bridgehead atoms. The minimum absolute atomic E-state index is 0.0529. The van der Waals surface area contributed by atoms with Crippen molar-refractivity contribution in [3.63, 3.8) is 0 Å². The van der Waals surface area contributed by atoms with Crippen molar-refractivity contribution in [2.45, 2.75) is 19.3 Å². The number of methoxy groups -OCH3 is 1. The van der Waals surface area contributed by atoms with E-state index in [4.69, 9.17) is 4.74 Å². The third kappa shape index (κ3) is 5.01. The van der Waals surface area contributed by atoms with Crippen LogP contribution >= 0.6 is 0 Å². The molecule has 0 radical (unpaired) electrons. The highest BCUT2D eigenvalue weighted by atomic mass is 32.2. The van der Waals surface area contributed by atoms with Crippen molar-refractivity contribution in [1.82, 2.24) is 8.61 Å². The Hall–Kier alpha value is -0.700. The predicted molar refractivity (Wildman–Crippen MR) is 74.4 cm³/mol. The smallest absolute Gasteiger partial charge is 0.306 e. The number of hydrogen-bond donors (Lipinski definition) is 0. The average molecular weight is 308 g/mol. The minimum atomic E-state index is -3.52. The van der Waals surface area contributed by atoms with Gasteiger partial charge in [0.15, 0.2) is 0 Å². The van der Waals surface area contributed by atoms with Gasteiger partial charge in [0.2, 0.25) is 0 Å². The quantitative estimate of drug-likeness (QED) is 0.623. The summed E-state index contributed by atoms with van der Waals surface area (Å²) in [5.41, 5.74) is 0. The van der Waals surface area contributed by atoms with Gasteiger partial charge in [-0.3, -0.25) is 4.79 Å². The lowest BCUT2D eigenvalue weighted by molar-refractivity contribution is -0.140. The summed E-state index contributed by atoms with van der Waals surface area (Å²) in [4.78, 5) is 11.1. The van der Waals surface area contributed by atoms with Crippen LogP contribution in [-0.4, -0.2) is 70.5 Å². The summed E-state index contributed by atoms with van der Waals surface area (Å²) in [5, 5.41) is 0. The van der Waals surface area contributed by atoms with Crippen LogP contribution in [0.25, 0.3) is 0 Å². The molecule has 1 fully saturated rings. The van der Waals surface area contributed by atoms with Gasteiger partial charge in [-0.2, -0.15) is 17.0 Å². The molecule has 1 rings (SSSR count). The zero-order valence-corrected chi connectivity index (χ0v) is 13.2. The number of carbonyl (C=O) groups is 1. The normalized spacial score (nSPS) is 17.6. The zero-order chi connectivity index (χ0) is 15.2. The first-order chi connectivity index (χ1) is 9.37. The van der Waals surface area contributed by atoms with E-state index in [9.17, 15) is 13.2 Å². The van der Waals surface area contributed by atoms with Gasteiger partial charge in [0, 0.05) is 40.4 Å². The van der Waals surface area contributed by atoms with Gasteiger partial charge in [0.05, 0.1) is 13.5 Å². The van der Waals surface area contributed by atoms with Gasteiger partial charge < -0.3 is 9.47 Å². The van der Waals surface area contributed by atoms with Crippen molar-refractivity contribution in [2.24, 2.45) is 5.92 Å². The Morgan fingerprint density at radius 2 is 1.85 bits per heavy atom. The molecule has 0 N–H and O–H groups in total. The number of esters is 1. The molecule has 118 valence electrons. The highest BCUT2D eigenvalue weighted by molar-refractivity contribution is 7.86. The molecule has 0 aromatic carbocycles. The van der Waals surface area contributed by atoms with Gasteiger partial charge in [-0.15, -0.1) is 0 Å². The van der Waals surface area contributed by atoms with E-state index in [-0.39, 0.29) is 13.0 Å². The Balaban J connectivity index is 2.50. The summed E-state index contributed by atoms with van der Waals surface area (Å²) >= 11 is 0. The molecule has 1 aliphatic rings. The van der Waals surface area contributed by atoms with E-state index in [1.165, 1.54) is 22.8 Å². The monoisotopic (exact) mass is 308 g/mol. The Morgan fingerprint density at radius 1 is 1.25 bits per heavy atom. The van der Waals surface area contributed by atoms with Crippen LogP contribution in [0.3, 0.4) is 0 Å². The molecule has 0 aliphatic carbocycles. The summed E-state index contributed by atoms with van der Waals surface area (Å²) in [6.45, 7) is 1.98. The average Bonchev–Trinajstić information content (AvgIpc) is 2.45. The van der Waals surface area contributed by atoms with Crippen LogP contribution in [0.5, 0.6) is 0 Å². The zero-order valence-electron chi connectivity index (χ0n) is 12.4. The van der Waals surface area contributed by atoms with E-state index in [0.29, 0.717) is 25.7 Å². The summed E-state index contributed by atoms with van der Waals surface area (Å²) in [7, 11) is 0.802. The molecule has 1 heterocycles. The van der Waals surface area contributed by atoms with Gasteiger partial charge >= 0.3 is 5.97 Å². The fraction of sp³-hybridized carbons (Fsp3) is 0.917. The first-order valence-electron chi connectivity index (χ1n) is 6.70. The second-order valence-electron chi connectivity index (χ2n) is 4.99. The van der Waals surface area contributed by atoms with Gasteiger partial charge in [-0.05, 0) is 18.8 Å². The van der Waals surface area contributed by atoms with Crippen LogP contribution in [0.15, 0.2) is 0 Å². The summed E-state index contributed by atoms with van der Waals surface area (Å²) in [6, 6.07) is 0. The van der Waals surface area contributed by atoms with Crippen molar-refractivity contribution in [1.29, 1.82) is 0 Å². The molecule has 20 heavy (non-hydrogen) atoms. The maximum absolute atomic E-state index is 12.3. The molecule has 0 amide bonds. The van der Waals surface area contributed by atoms with E-state index < -0.39 is 16.2 Å². The van der Waals surface area contributed by atoms with Crippen LogP contribution in [0.4, 0.5) is 0 Å². The van der Waals surface area contributed by atoms with Crippen LogP contribution in [-0.2, 0) is 24.5 Å². The Kier molecular flexibility index (Phi) is 6.87. The molecule has 8 heteroatoms. The van der Waals surface area contributed by atoms with Gasteiger partial charge in [-0.1, -0.05) is 0 Å². The topological polar surface area (TPSA) is 76.2 Å². The van der Waals surface area contributed by atoms with E-state index in [1.54, 1.807) is 7.05 Å².